The number of hydrogen-bond donors (Lipinski definition) is 2. The highest BCUT2D eigenvalue weighted by Crippen LogP contribution is 2.36. The van der Waals surface area contributed by atoms with Gasteiger partial charge in [-0.2, -0.15) is 0 Å². The fourth-order valence-electron chi connectivity index (χ4n) is 4.13. The van der Waals surface area contributed by atoms with Crippen molar-refractivity contribution < 1.29 is 27.5 Å². The lowest BCUT2D eigenvalue weighted by Gasteiger charge is -2.32. The Kier molecular flexibility index (Phi) is 4.93. The second-order valence-electron chi connectivity index (χ2n) is 8.81. The second-order valence-corrected chi connectivity index (χ2v) is 11.0. The first kappa shape index (κ1) is 20.9. The molecule has 1 aromatic heterocycles. The summed E-state index contributed by atoms with van der Waals surface area (Å²) in [5.41, 5.74) is 1.37. The number of aryl methyl sites for hydroxylation is 2. The molecule has 2 aliphatic heterocycles. The summed E-state index contributed by atoms with van der Waals surface area (Å²) in [7, 11) is -3.38. The normalized spacial score (nSPS) is 24.3. The van der Waals surface area contributed by atoms with Crippen molar-refractivity contribution in [1.82, 2.24) is 5.32 Å². The SMILES string of the molecule is Cc1c(CC(=O)N[C@@H]2CS(=O)(=O)C[C@H]2O)c(=O)oc2cc3c(cc12)CCC(C)(C)O3. The Balaban J connectivity index is 1.62. The quantitative estimate of drug-likeness (QED) is 0.690. The third kappa shape index (κ3) is 3.96. The molecule has 9 heteroatoms. The van der Waals surface area contributed by atoms with Gasteiger partial charge in [0.15, 0.2) is 9.84 Å². The number of benzene rings is 1. The molecule has 0 radical (unpaired) electrons. The number of hydrogen-bond acceptors (Lipinski definition) is 7. The fraction of sp³-hybridized carbons (Fsp3) is 0.524. The van der Waals surface area contributed by atoms with Crippen LogP contribution >= 0.6 is 0 Å². The molecular formula is C21H25NO7S. The van der Waals surface area contributed by atoms with Crippen LogP contribution in [0.1, 0.15) is 37.0 Å². The van der Waals surface area contributed by atoms with Crippen LogP contribution in [-0.2, 0) is 27.5 Å². The Labute approximate surface area is 174 Å². The summed E-state index contributed by atoms with van der Waals surface area (Å²) in [5.74, 6) is -0.524. The highest BCUT2D eigenvalue weighted by molar-refractivity contribution is 7.91. The van der Waals surface area contributed by atoms with Crippen LogP contribution in [0.25, 0.3) is 11.0 Å². The minimum atomic E-state index is -3.38. The summed E-state index contributed by atoms with van der Waals surface area (Å²) in [4.78, 5) is 25.0. The summed E-state index contributed by atoms with van der Waals surface area (Å²) in [6, 6.07) is 2.79. The number of carbonyl (C=O) groups excluding carboxylic acids is 1. The molecule has 0 saturated carbocycles. The highest BCUT2D eigenvalue weighted by atomic mass is 32.2. The van der Waals surface area contributed by atoms with Gasteiger partial charge in [-0.3, -0.25) is 4.79 Å². The van der Waals surface area contributed by atoms with Crippen molar-refractivity contribution >= 4 is 26.7 Å². The van der Waals surface area contributed by atoms with E-state index in [1.165, 1.54) is 0 Å². The summed E-state index contributed by atoms with van der Waals surface area (Å²) in [5, 5.41) is 13.1. The van der Waals surface area contributed by atoms with Crippen molar-refractivity contribution in [1.29, 1.82) is 0 Å². The lowest BCUT2D eigenvalue weighted by Crippen LogP contribution is -2.43. The largest absolute Gasteiger partial charge is 0.487 e. The van der Waals surface area contributed by atoms with Gasteiger partial charge in [0.2, 0.25) is 5.91 Å². The number of nitrogens with one attached hydrogen (secondary N) is 1. The molecule has 0 spiro atoms. The average molecular weight is 435 g/mol. The van der Waals surface area contributed by atoms with Crippen LogP contribution in [0.2, 0.25) is 0 Å². The average Bonchev–Trinajstić information content (AvgIpc) is 2.88. The lowest BCUT2D eigenvalue weighted by molar-refractivity contribution is -0.121. The summed E-state index contributed by atoms with van der Waals surface area (Å²) < 4.78 is 34.7. The molecular weight excluding hydrogens is 410 g/mol. The molecule has 0 bridgehead atoms. The van der Waals surface area contributed by atoms with E-state index >= 15 is 0 Å². The number of aliphatic hydroxyl groups is 1. The van der Waals surface area contributed by atoms with E-state index in [-0.39, 0.29) is 29.1 Å². The zero-order valence-electron chi connectivity index (χ0n) is 17.1. The standard InChI is InChI=1S/C21H25NO7S/c1-11-13-6-12-4-5-21(2,3)29-17(12)8-18(13)28-20(25)14(11)7-19(24)22-15-9-30(26,27)10-16(15)23/h6,8,15-16,23H,4-5,7,9-10H2,1-3H3,(H,22,24)/t15-,16-/m1/s1. The van der Waals surface area contributed by atoms with E-state index < -0.39 is 33.5 Å². The number of sulfone groups is 1. The first-order valence-electron chi connectivity index (χ1n) is 9.90. The second kappa shape index (κ2) is 7.09. The zero-order valence-corrected chi connectivity index (χ0v) is 18.0. The third-order valence-corrected chi connectivity index (χ3v) is 7.57. The van der Waals surface area contributed by atoms with Crippen LogP contribution in [0, 0.1) is 6.92 Å². The number of amides is 1. The highest BCUT2D eigenvalue weighted by Gasteiger charge is 2.37. The Morgan fingerprint density at radius 3 is 2.70 bits per heavy atom. The van der Waals surface area contributed by atoms with Crippen LogP contribution in [0.15, 0.2) is 21.3 Å². The molecule has 1 fully saturated rings. The number of rotatable bonds is 3. The number of fused-ring (bicyclic) bond motifs is 2. The minimum Gasteiger partial charge on any atom is -0.487 e. The number of carbonyl (C=O) groups is 1. The van der Waals surface area contributed by atoms with E-state index in [0.29, 0.717) is 16.9 Å². The van der Waals surface area contributed by atoms with Gasteiger partial charge in [0.05, 0.1) is 35.6 Å². The van der Waals surface area contributed by atoms with Crippen molar-refractivity contribution in [2.24, 2.45) is 0 Å². The van der Waals surface area contributed by atoms with E-state index in [0.717, 1.165) is 23.8 Å². The van der Waals surface area contributed by atoms with Crippen LogP contribution in [0.3, 0.4) is 0 Å². The van der Waals surface area contributed by atoms with Gasteiger partial charge in [0.1, 0.15) is 16.9 Å². The fourth-order valence-corrected chi connectivity index (χ4v) is 5.87. The van der Waals surface area contributed by atoms with Gasteiger partial charge < -0.3 is 19.6 Å². The molecule has 2 aliphatic rings. The molecule has 3 heterocycles. The molecule has 4 rings (SSSR count). The van der Waals surface area contributed by atoms with E-state index in [2.05, 4.69) is 5.32 Å². The minimum absolute atomic E-state index is 0.215. The Morgan fingerprint density at radius 2 is 2.03 bits per heavy atom. The zero-order chi connectivity index (χ0) is 21.8. The van der Waals surface area contributed by atoms with Crippen molar-refractivity contribution in [2.45, 2.75) is 57.8 Å². The van der Waals surface area contributed by atoms with Gasteiger partial charge in [0, 0.05) is 11.5 Å². The van der Waals surface area contributed by atoms with Gasteiger partial charge in [-0.1, -0.05) is 0 Å². The predicted octanol–water partition coefficient (Wildman–Crippen LogP) is 1.02. The molecule has 2 N–H and O–H groups in total. The van der Waals surface area contributed by atoms with E-state index in [1.807, 2.05) is 19.9 Å². The van der Waals surface area contributed by atoms with E-state index in [4.69, 9.17) is 9.15 Å². The van der Waals surface area contributed by atoms with Crippen molar-refractivity contribution in [3.05, 3.63) is 39.2 Å². The first-order valence-corrected chi connectivity index (χ1v) is 11.7. The van der Waals surface area contributed by atoms with Gasteiger partial charge >= 0.3 is 5.63 Å². The molecule has 1 aromatic carbocycles. The molecule has 1 saturated heterocycles. The first-order chi connectivity index (χ1) is 13.9. The van der Waals surface area contributed by atoms with E-state index in [1.54, 1.807) is 13.0 Å². The van der Waals surface area contributed by atoms with Crippen molar-refractivity contribution in [3.8, 4) is 5.75 Å². The van der Waals surface area contributed by atoms with Gasteiger partial charge in [-0.25, -0.2) is 13.2 Å². The van der Waals surface area contributed by atoms with Gasteiger partial charge in [-0.05, 0) is 50.8 Å². The molecule has 162 valence electrons. The Morgan fingerprint density at radius 1 is 1.30 bits per heavy atom. The molecule has 8 nitrogen and oxygen atoms in total. The van der Waals surface area contributed by atoms with Crippen LogP contribution in [0.4, 0.5) is 0 Å². The molecule has 1 amide bonds. The van der Waals surface area contributed by atoms with E-state index in [9.17, 15) is 23.1 Å². The smallest absolute Gasteiger partial charge is 0.340 e. The van der Waals surface area contributed by atoms with Crippen molar-refractivity contribution in [2.75, 3.05) is 11.5 Å². The molecule has 2 atom stereocenters. The Hall–Kier alpha value is -2.39. The van der Waals surface area contributed by atoms with Gasteiger partial charge in [-0.15, -0.1) is 0 Å². The lowest BCUT2D eigenvalue weighted by atomic mass is 9.92. The number of ether oxygens (including phenoxy) is 1. The number of aliphatic hydroxyl groups excluding tert-OH is 1. The molecule has 2 aromatic rings. The Bertz CT molecular complexity index is 1200. The van der Waals surface area contributed by atoms with Crippen molar-refractivity contribution in [3.63, 3.8) is 0 Å². The monoisotopic (exact) mass is 435 g/mol. The summed E-state index contributed by atoms with van der Waals surface area (Å²) in [6.45, 7) is 5.78. The van der Waals surface area contributed by atoms with Gasteiger partial charge in [0.25, 0.3) is 0 Å². The van der Waals surface area contributed by atoms with Crippen LogP contribution in [0.5, 0.6) is 5.75 Å². The predicted molar refractivity (Wildman–Crippen MR) is 111 cm³/mol. The summed E-state index contributed by atoms with van der Waals surface area (Å²) in [6.07, 6.45) is 0.293. The maximum atomic E-state index is 12.6. The topological polar surface area (TPSA) is 123 Å². The van der Waals surface area contributed by atoms with Crippen LogP contribution in [-0.4, -0.2) is 48.7 Å². The summed E-state index contributed by atoms with van der Waals surface area (Å²) >= 11 is 0. The third-order valence-electron chi connectivity index (χ3n) is 5.86. The molecule has 0 aliphatic carbocycles. The molecule has 0 unspecified atom stereocenters. The maximum absolute atomic E-state index is 12.6. The molecule has 30 heavy (non-hydrogen) atoms. The van der Waals surface area contributed by atoms with Crippen LogP contribution < -0.4 is 15.7 Å². The maximum Gasteiger partial charge on any atom is 0.340 e.